The minimum atomic E-state index is -2.30. The summed E-state index contributed by atoms with van der Waals surface area (Å²) in [6.45, 7) is 1.58. The van der Waals surface area contributed by atoms with Gasteiger partial charge in [-0.15, -0.1) is 0 Å². The van der Waals surface area contributed by atoms with E-state index in [4.69, 9.17) is 0 Å². The first-order valence-electron chi connectivity index (χ1n) is 4.37. The summed E-state index contributed by atoms with van der Waals surface area (Å²) in [5.74, 6) is -2.22. The van der Waals surface area contributed by atoms with Crippen LogP contribution in [0.3, 0.4) is 0 Å². The van der Waals surface area contributed by atoms with E-state index < -0.39 is 18.1 Å². The van der Waals surface area contributed by atoms with E-state index in [9.17, 15) is 13.6 Å². The number of carbonyl (C=O) groups excluding carboxylic acids is 1. The molecule has 3 nitrogen and oxygen atoms in total. The highest BCUT2D eigenvalue weighted by Crippen LogP contribution is 2.17. The van der Waals surface area contributed by atoms with Crippen LogP contribution in [0, 0.1) is 5.82 Å². The van der Waals surface area contributed by atoms with Gasteiger partial charge in [-0.05, 0) is 19.1 Å². The van der Waals surface area contributed by atoms with Gasteiger partial charge in [-0.1, -0.05) is 12.1 Å². The lowest BCUT2D eigenvalue weighted by Crippen LogP contribution is -2.25. The molecular formula is C10H10F2O3. The number of hydrogen-bond acceptors (Lipinski definition) is 3. The molecule has 1 rings (SSSR count). The van der Waals surface area contributed by atoms with E-state index in [1.54, 1.807) is 0 Å². The van der Waals surface area contributed by atoms with Gasteiger partial charge in [0.05, 0.1) is 6.61 Å². The average molecular weight is 216 g/mol. The molecule has 0 aliphatic carbocycles. The number of ether oxygens (including phenoxy) is 2. The molecule has 82 valence electrons. The Hall–Kier alpha value is -1.65. The maximum atomic E-state index is 13.0. The molecule has 1 aromatic carbocycles. The molecule has 0 aromatic heterocycles. The van der Waals surface area contributed by atoms with Crippen LogP contribution in [0.2, 0.25) is 0 Å². The first-order valence-corrected chi connectivity index (χ1v) is 4.37. The maximum Gasteiger partial charge on any atom is 0.381 e. The molecule has 0 heterocycles. The number of alkyl halides is 1. The number of hydrogen-bond donors (Lipinski definition) is 0. The molecule has 0 spiro atoms. The fourth-order valence-corrected chi connectivity index (χ4v) is 0.908. The minimum Gasteiger partial charge on any atom is -0.461 e. The predicted octanol–water partition coefficient (Wildman–Crippen LogP) is 2.06. The minimum absolute atomic E-state index is 0.0416. The van der Waals surface area contributed by atoms with Crippen molar-refractivity contribution in [2.75, 3.05) is 6.61 Å². The molecule has 1 atom stereocenters. The lowest BCUT2D eigenvalue weighted by atomic mass is 10.3. The van der Waals surface area contributed by atoms with Crippen molar-refractivity contribution < 1.29 is 23.0 Å². The second-order valence-corrected chi connectivity index (χ2v) is 2.62. The van der Waals surface area contributed by atoms with Crippen molar-refractivity contribution in [2.24, 2.45) is 0 Å². The number of carbonyl (C=O) groups is 1. The Morgan fingerprint density at radius 2 is 2.13 bits per heavy atom. The monoisotopic (exact) mass is 216 g/mol. The van der Waals surface area contributed by atoms with E-state index in [1.165, 1.54) is 25.1 Å². The van der Waals surface area contributed by atoms with Crippen molar-refractivity contribution in [1.82, 2.24) is 0 Å². The van der Waals surface area contributed by atoms with Crippen molar-refractivity contribution in [1.29, 1.82) is 0 Å². The van der Waals surface area contributed by atoms with Crippen LogP contribution < -0.4 is 4.74 Å². The normalized spacial score (nSPS) is 11.9. The highest BCUT2D eigenvalue weighted by atomic mass is 19.1. The first-order chi connectivity index (χ1) is 7.15. The van der Waals surface area contributed by atoms with Gasteiger partial charge in [-0.25, -0.2) is 9.18 Å². The van der Waals surface area contributed by atoms with Crippen molar-refractivity contribution in [3.05, 3.63) is 30.1 Å². The van der Waals surface area contributed by atoms with Crippen LogP contribution in [0.4, 0.5) is 8.78 Å². The molecule has 0 bridgehead atoms. The zero-order chi connectivity index (χ0) is 11.3. The number of benzene rings is 1. The third kappa shape index (κ3) is 3.19. The average Bonchev–Trinajstić information content (AvgIpc) is 2.21. The Morgan fingerprint density at radius 3 is 2.73 bits per heavy atom. The summed E-state index contributed by atoms with van der Waals surface area (Å²) in [5.41, 5.74) is 0. The Labute approximate surface area is 85.6 Å². The third-order valence-electron chi connectivity index (χ3n) is 1.54. The molecule has 0 saturated carbocycles. The van der Waals surface area contributed by atoms with Crippen LogP contribution in [0.1, 0.15) is 6.92 Å². The molecule has 15 heavy (non-hydrogen) atoms. The highest BCUT2D eigenvalue weighted by Gasteiger charge is 2.21. The van der Waals surface area contributed by atoms with Crippen molar-refractivity contribution in [2.45, 2.75) is 13.3 Å². The zero-order valence-corrected chi connectivity index (χ0v) is 8.07. The SMILES string of the molecule is CCOC(=O)C(F)Oc1ccccc1F. The van der Waals surface area contributed by atoms with Gasteiger partial charge in [0.2, 0.25) is 0 Å². The summed E-state index contributed by atoms with van der Waals surface area (Å²) in [6, 6.07) is 5.23. The molecule has 0 saturated heterocycles. The fraction of sp³-hybridized carbons (Fsp3) is 0.300. The summed E-state index contributed by atoms with van der Waals surface area (Å²) < 4.78 is 34.7. The first kappa shape index (κ1) is 11.4. The molecule has 0 N–H and O–H groups in total. The maximum absolute atomic E-state index is 13.0. The quantitative estimate of drug-likeness (QED) is 0.722. The molecule has 1 aromatic rings. The Bertz CT molecular complexity index is 341. The van der Waals surface area contributed by atoms with Gasteiger partial charge in [0.1, 0.15) is 0 Å². The van der Waals surface area contributed by atoms with Gasteiger partial charge in [0.15, 0.2) is 11.6 Å². The largest absolute Gasteiger partial charge is 0.461 e. The van der Waals surface area contributed by atoms with Gasteiger partial charge >= 0.3 is 12.3 Å². The molecule has 5 heteroatoms. The predicted molar refractivity (Wildman–Crippen MR) is 48.6 cm³/mol. The van der Waals surface area contributed by atoms with Gasteiger partial charge in [0, 0.05) is 0 Å². The Balaban J connectivity index is 2.62. The summed E-state index contributed by atoms with van der Waals surface area (Å²) >= 11 is 0. The fourth-order valence-electron chi connectivity index (χ4n) is 0.908. The van der Waals surface area contributed by atoms with E-state index in [0.29, 0.717) is 0 Å². The van der Waals surface area contributed by atoms with Gasteiger partial charge in [-0.2, -0.15) is 4.39 Å². The summed E-state index contributed by atoms with van der Waals surface area (Å²) in [6.07, 6.45) is -2.30. The third-order valence-corrected chi connectivity index (χ3v) is 1.54. The highest BCUT2D eigenvalue weighted by molar-refractivity contribution is 5.73. The second-order valence-electron chi connectivity index (χ2n) is 2.62. The molecular weight excluding hydrogens is 206 g/mol. The molecule has 0 radical (unpaired) electrons. The standard InChI is InChI=1S/C10H10F2O3/c1-2-14-10(13)9(12)15-8-6-4-3-5-7(8)11/h3-6,9H,2H2,1H3. The number of rotatable bonds is 4. The van der Waals surface area contributed by atoms with Crippen LogP contribution in [0.25, 0.3) is 0 Å². The van der Waals surface area contributed by atoms with Crippen LogP contribution in [0.5, 0.6) is 5.75 Å². The Kier molecular flexibility index (Phi) is 4.03. The van der Waals surface area contributed by atoms with E-state index in [0.717, 1.165) is 6.07 Å². The zero-order valence-electron chi connectivity index (χ0n) is 8.07. The molecule has 0 amide bonds. The van der Waals surface area contributed by atoms with Gasteiger partial charge in [-0.3, -0.25) is 0 Å². The van der Waals surface area contributed by atoms with E-state index in [-0.39, 0.29) is 12.4 Å². The molecule has 0 aliphatic rings. The van der Waals surface area contributed by atoms with E-state index >= 15 is 0 Å². The van der Waals surface area contributed by atoms with Gasteiger partial charge < -0.3 is 9.47 Å². The van der Waals surface area contributed by atoms with E-state index in [2.05, 4.69) is 9.47 Å². The summed E-state index contributed by atoms with van der Waals surface area (Å²) in [7, 11) is 0. The van der Waals surface area contributed by atoms with Crippen molar-refractivity contribution in [3.63, 3.8) is 0 Å². The second kappa shape index (κ2) is 5.29. The van der Waals surface area contributed by atoms with Crippen LogP contribution in [-0.4, -0.2) is 18.9 Å². The lowest BCUT2D eigenvalue weighted by Gasteiger charge is -2.10. The van der Waals surface area contributed by atoms with E-state index in [1.807, 2.05) is 0 Å². The van der Waals surface area contributed by atoms with Crippen molar-refractivity contribution in [3.8, 4) is 5.75 Å². The number of esters is 1. The molecule has 0 aliphatic heterocycles. The topological polar surface area (TPSA) is 35.5 Å². The molecule has 0 fully saturated rings. The van der Waals surface area contributed by atoms with Crippen LogP contribution in [-0.2, 0) is 9.53 Å². The summed E-state index contributed by atoms with van der Waals surface area (Å²) in [4.78, 5) is 10.8. The number of para-hydroxylation sites is 1. The molecule has 1 unspecified atom stereocenters. The van der Waals surface area contributed by atoms with Gasteiger partial charge in [0.25, 0.3) is 0 Å². The smallest absolute Gasteiger partial charge is 0.381 e. The van der Waals surface area contributed by atoms with Crippen LogP contribution in [0.15, 0.2) is 24.3 Å². The number of halogens is 2. The summed E-state index contributed by atoms with van der Waals surface area (Å²) in [5, 5.41) is 0. The van der Waals surface area contributed by atoms with Crippen molar-refractivity contribution >= 4 is 5.97 Å². The lowest BCUT2D eigenvalue weighted by molar-refractivity contribution is -0.160. The Morgan fingerprint density at radius 1 is 1.47 bits per heavy atom. The van der Waals surface area contributed by atoms with Crippen LogP contribution >= 0.6 is 0 Å².